The number of benzene rings is 2. The molecule has 320 valence electrons. The SMILES string of the molecule is CC.CC(C)N1CCc2c(sc(NC(=O)C3CCCCC3)c2-c2nc3ccccc3s2)C1.CC(C)N1CCc2c(sc(NC(=O)CC(F)F)c2-c2nc3ccccc3s2)C1. The van der Waals surface area contributed by atoms with E-state index in [1.807, 2.05) is 44.2 Å². The summed E-state index contributed by atoms with van der Waals surface area (Å²) in [6, 6.07) is 17.2. The number of nitrogens with one attached hydrogen (secondary N) is 2. The Morgan fingerprint density at radius 2 is 1.17 bits per heavy atom. The van der Waals surface area contributed by atoms with Crippen LogP contribution in [0.15, 0.2) is 48.5 Å². The van der Waals surface area contributed by atoms with Crippen LogP contribution in [0.25, 0.3) is 41.6 Å². The van der Waals surface area contributed by atoms with E-state index in [9.17, 15) is 18.4 Å². The van der Waals surface area contributed by atoms with Gasteiger partial charge in [-0.05, 0) is 88.8 Å². The second-order valence-electron chi connectivity index (χ2n) is 16.0. The zero-order chi connectivity index (χ0) is 42.5. The van der Waals surface area contributed by atoms with Gasteiger partial charge in [0.05, 0.1) is 26.9 Å². The summed E-state index contributed by atoms with van der Waals surface area (Å²) >= 11 is 6.58. The van der Waals surface area contributed by atoms with Crippen LogP contribution in [0.2, 0.25) is 0 Å². The molecule has 0 bridgehead atoms. The van der Waals surface area contributed by atoms with Gasteiger partial charge in [-0.1, -0.05) is 57.4 Å². The molecule has 6 aromatic rings. The van der Waals surface area contributed by atoms with Crippen molar-refractivity contribution in [2.75, 3.05) is 23.7 Å². The van der Waals surface area contributed by atoms with Crippen molar-refractivity contribution in [3.8, 4) is 21.1 Å². The van der Waals surface area contributed by atoms with Gasteiger partial charge in [0.2, 0.25) is 18.2 Å². The molecular formula is C46H56F2N6O2S4. The molecule has 6 heterocycles. The highest BCUT2D eigenvalue weighted by atomic mass is 32.1. The van der Waals surface area contributed by atoms with Gasteiger partial charge < -0.3 is 10.6 Å². The van der Waals surface area contributed by atoms with Gasteiger partial charge in [0.15, 0.2) is 0 Å². The van der Waals surface area contributed by atoms with E-state index in [2.05, 4.69) is 66.3 Å². The molecule has 0 saturated heterocycles. The van der Waals surface area contributed by atoms with Crippen molar-refractivity contribution >= 4 is 87.6 Å². The van der Waals surface area contributed by atoms with Crippen LogP contribution in [-0.4, -0.2) is 63.2 Å². The number of thiazole rings is 2. The minimum Gasteiger partial charge on any atom is -0.317 e. The highest BCUT2D eigenvalue weighted by Crippen LogP contribution is 2.48. The number of hydrogen-bond acceptors (Lipinski definition) is 10. The molecule has 2 N–H and O–H groups in total. The quantitative estimate of drug-likeness (QED) is 0.150. The lowest BCUT2D eigenvalue weighted by Crippen LogP contribution is -2.35. The average molecular weight is 891 g/mol. The Hall–Kier alpha value is -3.66. The second-order valence-corrected chi connectivity index (χ2v) is 20.3. The van der Waals surface area contributed by atoms with Crippen molar-refractivity contribution in [3.63, 3.8) is 0 Å². The predicted octanol–water partition coefficient (Wildman–Crippen LogP) is 12.7. The number of para-hydroxylation sites is 2. The van der Waals surface area contributed by atoms with E-state index >= 15 is 0 Å². The number of carbonyl (C=O) groups excluding carboxylic acids is 2. The van der Waals surface area contributed by atoms with Crippen molar-refractivity contribution < 1.29 is 18.4 Å². The summed E-state index contributed by atoms with van der Waals surface area (Å²) in [5.74, 6) is -0.290. The molecule has 1 saturated carbocycles. The van der Waals surface area contributed by atoms with E-state index in [1.54, 1.807) is 34.0 Å². The lowest BCUT2D eigenvalue weighted by atomic mass is 9.88. The van der Waals surface area contributed by atoms with E-state index in [0.717, 1.165) is 88.2 Å². The third kappa shape index (κ3) is 10.0. The number of thiophene rings is 2. The molecule has 1 aliphatic carbocycles. The summed E-state index contributed by atoms with van der Waals surface area (Å²) in [6.07, 6.45) is 4.09. The van der Waals surface area contributed by atoms with Gasteiger partial charge in [-0.15, -0.1) is 45.3 Å². The first-order chi connectivity index (χ1) is 29.0. The number of anilines is 2. The van der Waals surface area contributed by atoms with Gasteiger partial charge in [-0.25, -0.2) is 18.7 Å². The van der Waals surface area contributed by atoms with Gasteiger partial charge in [-0.2, -0.15) is 0 Å². The first kappa shape index (κ1) is 44.4. The van der Waals surface area contributed by atoms with Crippen LogP contribution >= 0.6 is 45.3 Å². The standard InChI is InChI=1S/C24H29N3OS2.C20H21F2N3OS2.C2H6/c1-15(2)27-13-12-17-20(14-27)30-24(26-22(28)16-8-4-3-5-9-16)21(17)23-25-18-10-6-7-11-19(18)29-23;1-11(2)25-8-7-12-15(10-25)28-20(24-17(26)9-16(21)22)18(12)19-23-13-5-3-4-6-14(13)27-19;1-2/h6-7,10-11,15-16H,3-5,8-9,12-14H2,1-2H3,(H,26,28);3-6,11,16H,7-10H2,1-2H3,(H,24,26);1-2H3. The Labute approximate surface area is 368 Å². The molecule has 14 heteroatoms. The zero-order valence-corrected chi connectivity index (χ0v) is 38.7. The summed E-state index contributed by atoms with van der Waals surface area (Å²) in [6.45, 7) is 16.6. The number of hydrogen-bond donors (Lipinski definition) is 2. The van der Waals surface area contributed by atoms with E-state index in [0.29, 0.717) is 17.1 Å². The van der Waals surface area contributed by atoms with Gasteiger partial charge in [0.25, 0.3) is 0 Å². The van der Waals surface area contributed by atoms with Crippen molar-refractivity contribution in [3.05, 3.63) is 69.4 Å². The van der Waals surface area contributed by atoms with Crippen LogP contribution < -0.4 is 10.6 Å². The molecule has 2 amide bonds. The number of rotatable bonds is 9. The Kier molecular flexibility index (Phi) is 14.8. The van der Waals surface area contributed by atoms with Crippen LogP contribution in [0.5, 0.6) is 0 Å². The maximum Gasteiger partial charge on any atom is 0.247 e. The maximum absolute atomic E-state index is 13.1. The molecule has 9 rings (SSSR count). The fourth-order valence-corrected chi connectivity index (χ4v) is 13.0. The highest BCUT2D eigenvalue weighted by molar-refractivity contribution is 7.23. The molecule has 0 atom stereocenters. The minimum absolute atomic E-state index is 0.160. The normalized spacial score (nSPS) is 16.1. The van der Waals surface area contributed by atoms with Gasteiger partial charge in [0, 0.05) is 65.1 Å². The molecule has 0 unspecified atom stereocenters. The summed E-state index contributed by atoms with van der Waals surface area (Å²) in [4.78, 5) is 42.3. The lowest BCUT2D eigenvalue weighted by Gasteiger charge is -2.30. The van der Waals surface area contributed by atoms with E-state index in [4.69, 9.17) is 9.97 Å². The number of alkyl halides is 2. The van der Waals surface area contributed by atoms with Crippen molar-refractivity contribution in [2.24, 2.45) is 5.92 Å². The lowest BCUT2D eigenvalue weighted by molar-refractivity contribution is -0.121. The molecule has 4 aromatic heterocycles. The van der Waals surface area contributed by atoms with Crippen molar-refractivity contribution in [2.45, 2.75) is 125 Å². The fraction of sp³-hybridized carbons (Fsp3) is 0.478. The number of nitrogens with zero attached hydrogens (tertiary/aromatic N) is 4. The molecular weight excluding hydrogens is 835 g/mol. The van der Waals surface area contributed by atoms with Crippen LogP contribution in [0.3, 0.4) is 0 Å². The molecule has 3 aliphatic rings. The van der Waals surface area contributed by atoms with Crippen molar-refractivity contribution in [1.82, 2.24) is 19.8 Å². The molecule has 1 fully saturated rings. The van der Waals surface area contributed by atoms with Crippen LogP contribution in [-0.2, 0) is 35.5 Å². The van der Waals surface area contributed by atoms with Gasteiger partial charge in [-0.3, -0.25) is 19.4 Å². The Morgan fingerprint density at radius 3 is 1.62 bits per heavy atom. The Balaban J connectivity index is 0.000000175. The molecule has 0 spiro atoms. The Bertz CT molecular complexity index is 2340. The first-order valence-corrected chi connectivity index (χ1v) is 24.7. The van der Waals surface area contributed by atoms with Gasteiger partial charge >= 0.3 is 0 Å². The predicted molar refractivity (Wildman–Crippen MR) is 250 cm³/mol. The molecule has 8 nitrogen and oxygen atoms in total. The third-order valence-electron chi connectivity index (χ3n) is 11.5. The largest absolute Gasteiger partial charge is 0.317 e. The van der Waals surface area contributed by atoms with E-state index < -0.39 is 18.8 Å². The monoisotopic (exact) mass is 890 g/mol. The topological polar surface area (TPSA) is 90.5 Å². The molecule has 60 heavy (non-hydrogen) atoms. The average Bonchev–Trinajstić information content (AvgIpc) is 4.03. The van der Waals surface area contributed by atoms with E-state index in [-0.39, 0.29) is 11.8 Å². The number of fused-ring (bicyclic) bond motifs is 4. The summed E-state index contributed by atoms with van der Waals surface area (Å²) in [5, 5.41) is 9.62. The minimum atomic E-state index is -2.66. The smallest absolute Gasteiger partial charge is 0.247 e. The highest BCUT2D eigenvalue weighted by Gasteiger charge is 2.31. The number of aromatic nitrogens is 2. The van der Waals surface area contributed by atoms with Crippen molar-refractivity contribution in [1.29, 1.82) is 0 Å². The number of carbonyl (C=O) groups is 2. The van der Waals surface area contributed by atoms with Gasteiger partial charge in [0.1, 0.15) is 20.0 Å². The molecule has 2 aliphatic heterocycles. The zero-order valence-electron chi connectivity index (χ0n) is 35.4. The van der Waals surface area contributed by atoms with E-state index in [1.165, 1.54) is 61.7 Å². The molecule has 2 aromatic carbocycles. The first-order valence-electron chi connectivity index (χ1n) is 21.4. The van der Waals surface area contributed by atoms with Crippen LogP contribution in [0, 0.1) is 5.92 Å². The number of halogens is 2. The maximum atomic E-state index is 13.1. The number of amides is 2. The summed E-state index contributed by atoms with van der Waals surface area (Å²) in [7, 11) is 0. The Morgan fingerprint density at radius 1 is 0.700 bits per heavy atom. The summed E-state index contributed by atoms with van der Waals surface area (Å²) in [5.41, 5.74) is 6.63. The third-order valence-corrected chi connectivity index (χ3v) is 15.8. The van der Waals surface area contributed by atoms with Crippen LogP contribution in [0.4, 0.5) is 18.8 Å². The summed E-state index contributed by atoms with van der Waals surface area (Å²) < 4.78 is 27.6. The van der Waals surface area contributed by atoms with Crippen LogP contribution in [0.1, 0.15) is 101 Å². The second kappa shape index (κ2) is 20.0. The molecule has 0 radical (unpaired) electrons. The fourth-order valence-electron chi connectivity index (χ4n) is 8.21.